The van der Waals surface area contributed by atoms with Crippen molar-refractivity contribution in [2.75, 3.05) is 0 Å². The van der Waals surface area contributed by atoms with Crippen LogP contribution in [-0.4, -0.2) is 9.97 Å². The lowest BCUT2D eigenvalue weighted by molar-refractivity contribution is 0.743. The maximum atomic E-state index is 4.08. The van der Waals surface area contributed by atoms with Gasteiger partial charge in [0, 0.05) is 13.1 Å². The zero-order valence-electron chi connectivity index (χ0n) is 4.85. The van der Waals surface area contributed by atoms with Crippen molar-refractivity contribution in [3.05, 3.63) is 17.7 Å². The Hall–Kier alpha value is -0.540. The summed E-state index contributed by atoms with van der Waals surface area (Å²) < 4.78 is 0. The Morgan fingerprint density at radius 3 is 3.11 bits per heavy atom. The summed E-state index contributed by atoms with van der Waals surface area (Å²) in [6.07, 6.45) is 1.74. The Kier molecular flexibility index (Phi) is 1.73. The first-order chi connectivity index (χ1) is 3.97. The molecule has 3 nitrogen and oxygen atoms in total. The Morgan fingerprint density at radius 1 is 1.44 bits per heavy atom. The summed E-state index contributed by atoms with van der Waals surface area (Å²) in [7, 11) is 0. The summed E-state index contributed by atoms with van der Waals surface area (Å²) in [6, 6.07) is 0. The van der Waals surface area contributed by atoms with Crippen LogP contribution in [0, 0.1) is 0 Å². The van der Waals surface area contributed by atoms with Crippen LogP contribution in [0.5, 0.6) is 0 Å². The molecular weight excluding hydrogens is 138 g/mol. The zero-order valence-corrected chi connectivity index (χ0v) is 5.66. The van der Waals surface area contributed by atoms with Gasteiger partial charge in [-0.1, -0.05) is 0 Å². The molecular formula is C5H8ClN3. The molecule has 0 spiro atoms. The Labute approximate surface area is 59.3 Å². The molecule has 0 bridgehead atoms. The van der Waals surface area contributed by atoms with Gasteiger partial charge in [-0.15, -0.1) is 12.4 Å². The summed E-state index contributed by atoms with van der Waals surface area (Å²) in [5.41, 5.74) is 2.41. The molecule has 0 radical (unpaired) electrons. The Morgan fingerprint density at radius 2 is 2.33 bits per heavy atom. The average molecular weight is 146 g/mol. The van der Waals surface area contributed by atoms with Gasteiger partial charge < -0.3 is 10.3 Å². The largest absolute Gasteiger partial charge is 0.347 e. The zero-order chi connectivity index (χ0) is 5.40. The molecule has 0 fully saturated rings. The predicted molar refractivity (Wildman–Crippen MR) is 36.4 cm³/mol. The van der Waals surface area contributed by atoms with Gasteiger partial charge in [0.2, 0.25) is 0 Å². The van der Waals surface area contributed by atoms with Crippen molar-refractivity contribution in [2.45, 2.75) is 13.1 Å². The van der Waals surface area contributed by atoms with Crippen LogP contribution in [-0.2, 0) is 13.1 Å². The van der Waals surface area contributed by atoms with Gasteiger partial charge in [-0.2, -0.15) is 0 Å². The molecule has 4 heteroatoms. The van der Waals surface area contributed by atoms with Gasteiger partial charge in [-0.3, -0.25) is 0 Å². The van der Waals surface area contributed by atoms with E-state index in [1.165, 1.54) is 11.4 Å². The third-order valence-electron chi connectivity index (χ3n) is 1.40. The van der Waals surface area contributed by atoms with Crippen molar-refractivity contribution in [2.24, 2.45) is 0 Å². The van der Waals surface area contributed by atoms with Crippen molar-refractivity contribution < 1.29 is 0 Å². The second-order valence-corrected chi connectivity index (χ2v) is 1.93. The quantitative estimate of drug-likeness (QED) is 0.556. The van der Waals surface area contributed by atoms with Gasteiger partial charge in [-0.25, -0.2) is 4.98 Å². The number of imidazole rings is 1. The molecule has 9 heavy (non-hydrogen) atoms. The number of rotatable bonds is 0. The van der Waals surface area contributed by atoms with E-state index in [4.69, 9.17) is 0 Å². The van der Waals surface area contributed by atoms with Crippen LogP contribution in [0.15, 0.2) is 6.33 Å². The third-order valence-corrected chi connectivity index (χ3v) is 1.40. The molecule has 1 aromatic rings. The third kappa shape index (κ3) is 0.930. The highest BCUT2D eigenvalue weighted by molar-refractivity contribution is 5.85. The van der Waals surface area contributed by atoms with Crippen LogP contribution in [0.1, 0.15) is 11.4 Å². The minimum Gasteiger partial charge on any atom is -0.347 e. The summed E-state index contributed by atoms with van der Waals surface area (Å²) in [5.74, 6) is 0. The highest BCUT2D eigenvalue weighted by Gasteiger charge is 2.10. The van der Waals surface area contributed by atoms with Crippen molar-refractivity contribution in [1.82, 2.24) is 15.3 Å². The normalized spacial score (nSPS) is 14.7. The standard InChI is InChI=1S/C5H7N3.ClH/c1-4-5(2-6-1)8-3-7-4;/h3,6H,1-2H2,(H,7,8);1H. The number of nitrogens with one attached hydrogen (secondary N) is 2. The predicted octanol–water partition coefficient (Wildman–Crippen LogP) is 0.435. The minimum atomic E-state index is 0. The molecule has 0 saturated heterocycles. The molecule has 0 aromatic carbocycles. The second kappa shape index (κ2) is 2.37. The van der Waals surface area contributed by atoms with Crippen LogP contribution in [0.25, 0.3) is 0 Å². The van der Waals surface area contributed by atoms with Crippen LogP contribution in [0.3, 0.4) is 0 Å². The number of H-pyrrole nitrogens is 1. The minimum absolute atomic E-state index is 0. The van der Waals surface area contributed by atoms with Gasteiger partial charge in [0.15, 0.2) is 0 Å². The molecule has 0 amide bonds. The van der Waals surface area contributed by atoms with E-state index < -0.39 is 0 Å². The van der Waals surface area contributed by atoms with Gasteiger partial charge >= 0.3 is 0 Å². The average Bonchev–Trinajstić information content (AvgIpc) is 2.15. The van der Waals surface area contributed by atoms with Gasteiger partial charge in [0.05, 0.1) is 17.7 Å². The summed E-state index contributed by atoms with van der Waals surface area (Å²) in [6.45, 7) is 1.88. The fourth-order valence-electron chi connectivity index (χ4n) is 0.961. The maximum Gasteiger partial charge on any atom is 0.0926 e. The van der Waals surface area contributed by atoms with E-state index in [1.54, 1.807) is 6.33 Å². The molecule has 2 heterocycles. The van der Waals surface area contributed by atoms with E-state index in [1.807, 2.05) is 0 Å². The highest BCUT2D eigenvalue weighted by Crippen LogP contribution is 2.07. The molecule has 2 rings (SSSR count). The van der Waals surface area contributed by atoms with E-state index in [0.717, 1.165) is 13.1 Å². The van der Waals surface area contributed by atoms with Crippen molar-refractivity contribution in [3.63, 3.8) is 0 Å². The second-order valence-electron chi connectivity index (χ2n) is 1.93. The number of hydrogen-bond donors (Lipinski definition) is 2. The molecule has 0 aliphatic carbocycles. The van der Waals surface area contributed by atoms with E-state index in [2.05, 4.69) is 15.3 Å². The number of halogens is 1. The lowest BCUT2D eigenvalue weighted by Gasteiger charge is -1.82. The van der Waals surface area contributed by atoms with Gasteiger partial charge in [-0.05, 0) is 0 Å². The Bertz CT molecular complexity index is 177. The molecule has 1 aromatic heterocycles. The van der Waals surface area contributed by atoms with E-state index >= 15 is 0 Å². The first-order valence-corrected chi connectivity index (χ1v) is 2.68. The van der Waals surface area contributed by atoms with Crippen LogP contribution < -0.4 is 5.32 Å². The molecule has 2 N–H and O–H groups in total. The first kappa shape index (κ1) is 6.58. The molecule has 0 saturated carbocycles. The number of hydrogen-bond acceptors (Lipinski definition) is 2. The lowest BCUT2D eigenvalue weighted by Crippen LogP contribution is -2.01. The Balaban J connectivity index is 0.000000405. The summed E-state index contributed by atoms with van der Waals surface area (Å²) in [4.78, 5) is 7.12. The topological polar surface area (TPSA) is 40.7 Å². The first-order valence-electron chi connectivity index (χ1n) is 2.68. The van der Waals surface area contributed by atoms with Crippen molar-refractivity contribution >= 4 is 12.4 Å². The van der Waals surface area contributed by atoms with Crippen LogP contribution in [0.4, 0.5) is 0 Å². The summed E-state index contributed by atoms with van der Waals surface area (Å²) in [5, 5.41) is 3.17. The van der Waals surface area contributed by atoms with E-state index in [0.29, 0.717) is 0 Å². The van der Waals surface area contributed by atoms with Gasteiger partial charge in [0.25, 0.3) is 0 Å². The summed E-state index contributed by atoms with van der Waals surface area (Å²) >= 11 is 0. The molecule has 1 aliphatic rings. The van der Waals surface area contributed by atoms with Crippen molar-refractivity contribution in [1.29, 1.82) is 0 Å². The fraction of sp³-hybridized carbons (Fsp3) is 0.400. The molecule has 50 valence electrons. The molecule has 1 aliphatic heterocycles. The van der Waals surface area contributed by atoms with Crippen molar-refractivity contribution in [3.8, 4) is 0 Å². The van der Waals surface area contributed by atoms with Gasteiger partial charge in [0.1, 0.15) is 0 Å². The monoisotopic (exact) mass is 145 g/mol. The SMILES string of the molecule is Cl.c1nc2c([nH]1)CNC2. The maximum absolute atomic E-state index is 4.08. The molecule has 0 atom stereocenters. The number of fused-ring (bicyclic) bond motifs is 1. The van der Waals surface area contributed by atoms with E-state index in [9.17, 15) is 0 Å². The van der Waals surface area contributed by atoms with E-state index in [-0.39, 0.29) is 12.4 Å². The number of nitrogens with zero attached hydrogens (tertiary/aromatic N) is 1. The number of aromatic nitrogens is 2. The number of aromatic amines is 1. The smallest absolute Gasteiger partial charge is 0.0926 e. The molecule has 0 unspecified atom stereocenters. The van der Waals surface area contributed by atoms with Crippen LogP contribution >= 0.6 is 12.4 Å². The van der Waals surface area contributed by atoms with Crippen LogP contribution in [0.2, 0.25) is 0 Å². The fourth-order valence-corrected chi connectivity index (χ4v) is 0.961. The lowest BCUT2D eigenvalue weighted by atomic mass is 10.4. The highest BCUT2D eigenvalue weighted by atomic mass is 35.5.